The van der Waals surface area contributed by atoms with E-state index in [1.807, 2.05) is 42.7 Å². The lowest BCUT2D eigenvalue weighted by Crippen LogP contribution is -2.29. The number of aromatic nitrogens is 3. The van der Waals surface area contributed by atoms with Crippen LogP contribution in [0.15, 0.2) is 47.6 Å². The molecule has 0 saturated heterocycles. The predicted octanol–water partition coefficient (Wildman–Crippen LogP) is 5.43. The van der Waals surface area contributed by atoms with E-state index < -0.39 is 6.04 Å². The molecule has 1 aromatic heterocycles. The fraction of sp³-hybridized carbons (Fsp3) is 0.238. The minimum atomic E-state index is -0.420. The molecule has 0 bridgehead atoms. The van der Waals surface area contributed by atoms with Gasteiger partial charge in [-0.25, -0.2) is 0 Å². The van der Waals surface area contributed by atoms with Gasteiger partial charge < -0.3 is 15.2 Å². The van der Waals surface area contributed by atoms with Crippen molar-refractivity contribution < 1.29 is 9.59 Å². The molecule has 11 heteroatoms. The number of nitrogens with zero attached hydrogens (tertiary/aromatic N) is 3. The van der Waals surface area contributed by atoms with Crippen molar-refractivity contribution in [3.63, 3.8) is 0 Å². The van der Waals surface area contributed by atoms with E-state index in [1.54, 1.807) is 12.1 Å². The molecule has 168 valence electrons. The van der Waals surface area contributed by atoms with Crippen molar-refractivity contribution in [2.24, 2.45) is 0 Å². The van der Waals surface area contributed by atoms with Crippen molar-refractivity contribution in [1.82, 2.24) is 20.1 Å². The maximum Gasteiger partial charge on any atom is 0.253 e. The predicted molar refractivity (Wildman–Crippen MR) is 137 cm³/mol. The molecule has 1 atom stereocenters. The first-order chi connectivity index (χ1) is 15.3. The molecule has 2 aromatic carbocycles. The van der Waals surface area contributed by atoms with Crippen LogP contribution in [0.2, 0.25) is 10.0 Å². The zero-order valence-electron chi connectivity index (χ0n) is 17.2. The number of halogens is 3. The fourth-order valence-corrected chi connectivity index (χ4v) is 4.56. The van der Waals surface area contributed by atoms with E-state index >= 15 is 0 Å². The normalized spacial score (nSPS) is 11.8. The minimum Gasteiger partial charge on any atom is -0.342 e. The van der Waals surface area contributed by atoms with E-state index in [0.717, 1.165) is 9.26 Å². The van der Waals surface area contributed by atoms with Crippen molar-refractivity contribution in [2.75, 3.05) is 11.1 Å². The number of amides is 2. The summed E-state index contributed by atoms with van der Waals surface area (Å²) in [6.07, 6.45) is 0. The molecule has 32 heavy (non-hydrogen) atoms. The molecule has 2 amide bonds. The maximum atomic E-state index is 12.6. The van der Waals surface area contributed by atoms with Crippen LogP contribution in [0, 0.1) is 3.57 Å². The van der Waals surface area contributed by atoms with Crippen molar-refractivity contribution in [2.45, 2.75) is 31.6 Å². The lowest BCUT2D eigenvalue weighted by molar-refractivity contribution is -0.113. The monoisotopic (exact) mass is 603 g/mol. The number of hydrogen-bond donors (Lipinski definition) is 2. The SMILES string of the molecule is CCn1c(SCC(=O)Nc2ccc(I)cc2)nnc1[C@H](C)NC(=O)c1ccc(Cl)cc1Cl. The van der Waals surface area contributed by atoms with E-state index in [4.69, 9.17) is 23.2 Å². The zero-order chi connectivity index (χ0) is 23.3. The van der Waals surface area contributed by atoms with Gasteiger partial charge in [0.25, 0.3) is 5.91 Å². The van der Waals surface area contributed by atoms with Gasteiger partial charge in [0.05, 0.1) is 22.4 Å². The standard InChI is InChI=1S/C21H20Cl2IN5O2S/c1-3-29-19(12(2)25-20(31)16-9-4-13(22)10-17(16)23)27-28-21(29)32-11-18(30)26-15-7-5-14(24)6-8-15/h4-10,12H,3,11H2,1-2H3,(H,25,31)(H,26,30)/t12-/m0/s1. The molecule has 1 heterocycles. The second-order valence-electron chi connectivity index (χ2n) is 6.75. The number of benzene rings is 2. The Balaban J connectivity index is 1.63. The van der Waals surface area contributed by atoms with E-state index in [9.17, 15) is 9.59 Å². The van der Waals surface area contributed by atoms with E-state index in [2.05, 4.69) is 43.4 Å². The Morgan fingerprint density at radius 2 is 1.88 bits per heavy atom. The molecule has 0 aliphatic heterocycles. The Hall–Kier alpha value is -1.82. The third kappa shape index (κ3) is 6.37. The molecular formula is C21H20Cl2IN5O2S. The third-order valence-corrected chi connectivity index (χ3v) is 6.67. The topological polar surface area (TPSA) is 88.9 Å². The van der Waals surface area contributed by atoms with Gasteiger partial charge in [0.1, 0.15) is 0 Å². The zero-order valence-corrected chi connectivity index (χ0v) is 21.7. The van der Waals surface area contributed by atoms with Crippen molar-refractivity contribution >= 4 is 75.1 Å². The molecule has 0 fully saturated rings. The van der Waals surface area contributed by atoms with Crippen molar-refractivity contribution in [3.05, 3.63) is 67.5 Å². The first kappa shape index (κ1) is 24.8. The summed E-state index contributed by atoms with van der Waals surface area (Å²) in [7, 11) is 0. The van der Waals surface area contributed by atoms with Gasteiger partial charge in [-0.2, -0.15) is 0 Å². The summed E-state index contributed by atoms with van der Waals surface area (Å²) in [5, 5.41) is 15.5. The second-order valence-corrected chi connectivity index (χ2v) is 9.78. The summed E-state index contributed by atoms with van der Waals surface area (Å²) in [6.45, 7) is 4.36. The molecule has 2 N–H and O–H groups in total. The van der Waals surface area contributed by atoms with Crippen molar-refractivity contribution in [3.8, 4) is 0 Å². The average Bonchev–Trinajstić information content (AvgIpc) is 3.17. The van der Waals surface area contributed by atoms with Gasteiger partial charge >= 0.3 is 0 Å². The largest absolute Gasteiger partial charge is 0.342 e. The highest BCUT2D eigenvalue weighted by molar-refractivity contribution is 14.1. The Morgan fingerprint density at radius 3 is 2.53 bits per heavy atom. The van der Waals surface area contributed by atoms with Crippen LogP contribution in [0.3, 0.4) is 0 Å². The van der Waals surface area contributed by atoms with Gasteiger partial charge in [-0.1, -0.05) is 35.0 Å². The molecule has 0 radical (unpaired) electrons. The Bertz CT molecular complexity index is 1120. The summed E-state index contributed by atoms with van der Waals surface area (Å²) >= 11 is 15.5. The van der Waals surface area contributed by atoms with E-state index in [-0.39, 0.29) is 22.6 Å². The van der Waals surface area contributed by atoms with Crippen LogP contribution >= 0.6 is 57.6 Å². The summed E-state index contributed by atoms with van der Waals surface area (Å²) in [6, 6.07) is 11.8. The van der Waals surface area contributed by atoms with Gasteiger partial charge in [0, 0.05) is 20.8 Å². The van der Waals surface area contributed by atoms with Crippen molar-refractivity contribution in [1.29, 1.82) is 0 Å². The molecule has 0 aliphatic rings. The van der Waals surface area contributed by atoms with E-state index in [1.165, 1.54) is 17.8 Å². The molecule has 3 aromatic rings. The highest BCUT2D eigenvalue weighted by atomic mass is 127. The first-order valence-corrected chi connectivity index (χ1v) is 12.5. The molecule has 7 nitrogen and oxygen atoms in total. The maximum absolute atomic E-state index is 12.6. The molecule has 3 rings (SSSR count). The molecule has 0 spiro atoms. The van der Waals surface area contributed by atoms with Crippen LogP contribution in [0.25, 0.3) is 0 Å². The number of rotatable bonds is 8. The van der Waals surface area contributed by atoms with E-state index in [0.29, 0.717) is 28.1 Å². The van der Waals surface area contributed by atoms with Gasteiger partial charge in [-0.05, 0) is 78.9 Å². The van der Waals surface area contributed by atoms with Crippen LogP contribution in [-0.2, 0) is 11.3 Å². The molecule has 0 unspecified atom stereocenters. The summed E-state index contributed by atoms with van der Waals surface area (Å²) in [5.74, 6) is 0.301. The quantitative estimate of drug-likeness (QED) is 0.265. The van der Waals surface area contributed by atoms with Crippen LogP contribution in [0.5, 0.6) is 0 Å². The number of hydrogen-bond acceptors (Lipinski definition) is 5. The Labute approximate surface area is 213 Å². The van der Waals surface area contributed by atoms with Crippen LogP contribution in [-0.4, -0.2) is 32.3 Å². The van der Waals surface area contributed by atoms with Crippen LogP contribution < -0.4 is 10.6 Å². The highest BCUT2D eigenvalue weighted by Gasteiger charge is 2.21. The molecule has 0 saturated carbocycles. The Kier molecular flexibility index (Phi) is 8.80. The van der Waals surface area contributed by atoms with Gasteiger partial charge in [0.15, 0.2) is 11.0 Å². The lowest BCUT2D eigenvalue weighted by atomic mass is 10.2. The first-order valence-electron chi connectivity index (χ1n) is 9.65. The number of anilines is 1. The van der Waals surface area contributed by atoms with Crippen LogP contribution in [0.1, 0.15) is 36.1 Å². The smallest absolute Gasteiger partial charge is 0.253 e. The van der Waals surface area contributed by atoms with Gasteiger partial charge in [-0.15, -0.1) is 10.2 Å². The minimum absolute atomic E-state index is 0.137. The fourth-order valence-electron chi connectivity index (χ4n) is 2.90. The highest BCUT2D eigenvalue weighted by Crippen LogP contribution is 2.24. The second kappa shape index (κ2) is 11.4. The summed E-state index contributed by atoms with van der Waals surface area (Å²) in [4.78, 5) is 24.9. The number of thioether (sulfide) groups is 1. The Morgan fingerprint density at radius 1 is 1.16 bits per heavy atom. The average molecular weight is 604 g/mol. The molecule has 0 aliphatic carbocycles. The number of nitrogens with one attached hydrogen (secondary N) is 2. The van der Waals surface area contributed by atoms with Gasteiger partial charge in [0.2, 0.25) is 5.91 Å². The van der Waals surface area contributed by atoms with Gasteiger partial charge in [-0.3, -0.25) is 9.59 Å². The number of carbonyl (C=O) groups is 2. The van der Waals surface area contributed by atoms with Crippen LogP contribution in [0.4, 0.5) is 5.69 Å². The summed E-state index contributed by atoms with van der Waals surface area (Å²) < 4.78 is 2.97. The third-order valence-electron chi connectivity index (χ3n) is 4.43. The molecular weight excluding hydrogens is 584 g/mol. The number of carbonyl (C=O) groups excluding carboxylic acids is 2. The summed E-state index contributed by atoms with van der Waals surface area (Å²) in [5.41, 5.74) is 1.07. The lowest BCUT2D eigenvalue weighted by Gasteiger charge is -2.15.